The topological polar surface area (TPSA) is 57.5 Å². The molecule has 0 atom stereocenters. The van der Waals surface area contributed by atoms with Crippen LogP contribution in [0.25, 0.3) is 0 Å². The van der Waals surface area contributed by atoms with Crippen molar-refractivity contribution in [2.45, 2.75) is 32.2 Å². The summed E-state index contributed by atoms with van der Waals surface area (Å²) >= 11 is 0. The van der Waals surface area contributed by atoms with E-state index in [-0.39, 0.29) is 24.1 Å². The molecular weight excluding hydrogens is 450 g/mol. The van der Waals surface area contributed by atoms with Gasteiger partial charge in [0.25, 0.3) is 5.56 Å². The molecule has 184 valence electrons. The molecule has 0 amide bonds. The van der Waals surface area contributed by atoms with Gasteiger partial charge in [0.2, 0.25) is 0 Å². The van der Waals surface area contributed by atoms with E-state index in [1.807, 2.05) is 72.9 Å². The van der Waals surface area contributed by atoms with Gasteiger partial charge in [-0.1, -0.05) is 84.9 Å². The predicted molar refractivity (Wildman–Crippen MR) is 141 cm³/mol. The second-order valence-corrected chi connectivity index (χ2v) is 8.55. The van der Waals surface area contributed by atoms with E-state index in [1.165, 1.54) is 11.1 Å². The van der Waals surface area contributed by atoms with Crippen LogP contribution >= 0.6 is 0 Å². The van der Waals surface area contributed by atoms with Gasteiger partial charge in [0.1, 0.15) is 5.75 Å². The van der Waals surface area contributed by atoms with Crippen LogP contribution in [0.3, 0.4) is 0 Å². The SMILES string of the molecule is CCOC(=O)COc1ccccc1CCCn1cc(C(c2ccccc2)c2ccccc2)ccc1=O. The summed E-state index contributed by atoms with van der Waals surface area (Å²) in [6, 6.07) is 32.0. The van der Waals surface area contributed by atoms with Gasteiger partial charge in [-0.05, 0) is 48.1 Å². The number of hydrogen-bond donors (Lipinski definition) is 0. The number of pyridine rings is 1. The highest BCUT2D eigenvalue weighted by Crippen LogP contribution is 2.31. The van der Waals surface area contributed by atoms with Crippen molar-refractivity contribution in [2.24, 2.45) is 0 Å². The lowest BCUT2D eigenvalue weighted by Crippen LogP contribution is -2.20. The third-order valence-corrected chi connectivity index (χ3v) is 6.07. The molecule has 4 rings (SSSR count). The van der Waals surface area contributed by atoms with Crippen molar-refractivity contribution in [3.63, 3.8) is 0 Å². The van der Waals surface area contributed by atoms with Crippen LogP contribution in [0.15, 0.2) is 108 Å². The fraction of sp³-hybridized carbons (Fsp3) is 0.226. The van der Waals surface area contributed by atoms with Crippen molar-refractivity contribution in [3.05, 3.63) is 136 Å². The third kappa shape index (κ3) is 6.51. The normalized spacial score (nSPS) is 10.8. The molecule has 0 bridgehead atoms. The molecule has 5 nitrogen and oxygen atoms in total. The number of para-hydroxylation sites is 1. The average Bonchev–Trinajstić information content (AvgIpc) is 2.91. The summed E-state index contributed by atoms with van der Waals surface area (Å²) in [7, 11) is 0. The van der Waals surface area contributed by atoms with Crippen molar-refractivity contribution in [3.8, 4) is 5.75 Å². The first kappa shape index (κ1) is 25.0. The average molecular weight is 482 g/mol. The Morgan fingerprint density at radius 2 is 1.44 bits per heavy atom. The van der Waals surface area contributed by atoms with Crippen molar-refractivity contribution in [1.82, 2.24) is 4.57 Å². The summed E-state index contributed by atoms with van der Waals surface area (Å²) in [6.07, 6.45) is 3.46. The maximum absolute atomic E-state index is 12.7. The van der Waals surface area contributed by atoms with E-state index < -0.39 is 0 Å². The van der Waals surface area contributed by atoms with Crippen LogP contribution in [0.2, 0.25) is 0 Å². The van der Waals surface area contributed by atoms with E-state index in [4.69, 9.17) is 9.47 Å². The van der Waals surface area contributed by atoms with E-state index in [0.717, 1.165) is 24.0 Å². The minimum Gasteiger partial charge on any atom is -0.482 e. The van der Waals surface area contributed by atoms with Crippen LogP contribution in [0.1, 0.15) is 41.5 Å². The first-order valence-electron chi connectivity index (χ1n) is 12.3. The van der Waals surface area contributed by atoms with Crippen molar-refractivity contribution in [2.75, 3.05) is 13.2 Å². The number of aryl methyl sites for hydroxylation is 2. The molecule has 5 heteroatoms. The van der Waals surface area contributed by atoms with Crippen LogP contribution in [0.5, 0.6) is 5.75 Å². The number of carbonyl (C=O) groups is 1. The second-order valence-electron chi connectivity index (χ2n) is 8.55. The molecule has 0 aliphatic heterocycles. The zero-order valence-corrected chi connectivity index (χ0v) is 20.5. The Balaban J connectivity index is 1.50. The van der Waals surface area contributed by atoms with Gasteiger partial charge in [-0.15, -0.1) is 0 Å². The highest BCUT2D eigenvalue weighted by Gasteiger charge is 2.17. The number of ether oxygens (including phenoxy) is 2. The summed E-state index contributed by atoms with van der Waals surface area (Å²) in [5.74, 6) is 0.318. The molecule has 0 saturated heterocycles. The maximum Gasteiger partial charge on any atom is 0.344 e. The fourth-order valence-electron chi connectivity index (χ4n) is 4.39. The Hall–Kier alpha value is -4.12. The number of hydrogen-bond acceptors (Lipinski definition) is 4. The monoisotopic (exact) mass is 481 g/mol. The van der Waals surface area contributed by atoms with Gasteiger partial charge in [0, 0.05) is 24.7 Å². The van der Waals surface area contributed by atoms with Gasteiger partial charge in [0.05, 0.1) is 6.61 Å². The summed E-state index contributed by atoms with van der Waals surface area (Å²) in [4.78, 5) is 24.4. The maximum atomic E-state index is 12.7. The van der Waals surface area contributed by atoms with Crippen LogP contribution in [0.4, 0.5) is 0 Å². The summed E-state index contributed by atoms with van der Waals surface area (Å²) < 4.78 is 12.4. The van der Waals surface area contributed by atoms with E-state index in [2.05, 4.69) is 24.3 Å². The molecule has 0 N–H and O–H groups in total. The molecule has 3 aromatic carbocycles. The zero-order valence-electron chi connectivity index (χ0n) is 20.5. The zero-order chi connectivity index (χ0) is 25.2. The van der Waals surface area contributed by atoms with Crippen LogP contribution in [-0.4, -0.2) is 23.8 Å². The summed E-state index contributed by atoms with van der Waals surface area (Å²) in [5.41, 5.74) is 4.41. The molecule has 0 aliphatic rings. The van der Waals surface area contributed by atoms with Crippen molar-refractivity contribution < 1.29 is 14.3 Å². The molecule has 0 spiro atoms. The number of benzene rings is 3. The Morgan fingerprint density at radius 1 is 0.806 bits per heavy atom. The Labute approximate surface area is 212 Å². The highest BCUT2D eigenvalue weighted by molar-refractivity contribution is 5.71. The Morgan fingerprint density at radius 3 is 2.11 bits per heavy atom. The van der Waals surface area contributed by atoms with Gasteiger partial charge in [-0.3, -0.25) is 4.79 Å². The number of carbonyl (C=O) groups excluding carboxylic acids is 1. The quantitative estimate of drug-likeness (QED) is 0.262. The minimum atomic E-state index is -0.387. The fourth-order valence-corrected chi connectivity index (χ4v) is 4.39. The molecule has 36 heavy (non-hydrogen) atoms. The minimum absolute atomic E-state index is 0.0227. The van der Waals surface area contributed by atoms with Crippen LogP contribution in [0, 0.1) is 0 Å². The first-order valence-corrected chi connectivity index (χ1v) is 12.3. The molecule has 4 aromatic rings. The Kier molecular flexibility index (Phi) is 8.71. The number of rotatable bonds is 11. The smallest absolute Gasteiger partial charge is 0.344 e. The summed E-state index contributed by atoms with van der Waals surface area (Å²) in [6.45, 7) is 2.56. The van der Waals surface area contributed by atoms with Gasteiger partial charge in [-0.2, -0.15) is 0 Å². The summed E-state index contributed by atoms with van der Waals surface area (Å²) in [5, 5.41) is 0. The molecule has 0 radical (unpaired) electrons. The number of esters is 1. The van der Waals surface area contributed by atoms with E-state index in [0.29, 0.717) is 18.9 Å². The second kappa shape index (κ2) is 12.5. The molecular formula is C31H31NO4. The van der Waals surface area contributed by atoms with Crippen molar-refractivity contribution in [1.29, 1.82) is 0 Å². The third-order valence-electron chi connectivity index (χ3n) is 6.07. The van der Waals surface area contributed by atoms with Gasteiger partial charge in [-0.25, -0.2) is 4.79 Å². The van der Waals surface area contributed by atoms with E-state index in [1.54, 1.807) is 17.6 Å². The lowest BCUT2D eigenvalue weighted by molar-refractivity contribution is -0.145. The lowest BCUT2D eigenvalue weighted by Gasteiger charge is -2.20. The van der Waals surface area contributed by atoms with E-state index in [9.17, 15) is 9.59 Å². The van der Waals surface area contributed by atoms with Gasteiger partial charge < -0.3 is 14.0 Å². The molecule has 0 unspecified atom stereocenters. The highest BCUT2D eigenvalue weighted by atomic mass is 16.6. The molecule has 0 saturated carbocycles. The van der Waals surface area contributed by atoms with Crippen molar-refractivity contribution >= 4 is 5.97 Å². The number of aromatic nitrogens is 1. The molecule has 0 fully saturated rings. The van der Waals surface area contributed by atoms with Gasteiger partial charge >= 0.3 is 5.97 Å². The van der Waals surface area contributed by atoms with Gasteiger partial charge in [0.15, 0.2) is 6.61 Å². The standard InChI is InChI=1S/C31H31NO4/c1-2-35-30(34)23-36-28-18-10-9-12-24(28)17-11-21-32-22-27(19-20-29(32)33)31(25-13-5-3-6-14-25)26-15-7-4-8-16-26/h3-10,12-16,18-20,22,31H,2,11,17,21,23H2,1H3. The van der Waals surface area contributed by atoms with E-state index >= 15 is 0 Å². The predicted octanol–water partition coefficient (Wildman–Crippen LogP) is 5.60. The Bertz CT molecular complexity index is 1280. The number of nitrogens with zero attached hydrogens (tertiary/aromatic N) is 1. The molecule has 1 aromatic heterocycles. The van der Waals surface area contributed by atoms with Crippen LogP contribution < -0.4 is 10.3 Å². The first-order chi connectivity index (χ1) is 17.7. The lowest BCUT2D eigenvalue weighted by atomic mass is 9.86. The van der Waals surface area contributed by atoms with Crippen LogP contribution in [-0.2, 0) is 22.5 Å². The largest absolute Gasteiger partial charge is 0.482 e. The molecule has 1 heterocycles. The molecule has 0 aliphatic carbocycles.